The summed E-state index contributed by atoms with van der Waals surface area (Å²) in [5.74, 6) is 1.01. The van der Waals surface area contributed by atoms with Gasteiger partial charge in [-0.15, -0.1) is 11.3 Å². The minimum Gasteiger partial charge on any atom is -0.497 e. The number of carbonyl (C=O) groups is 1. The van der Waals surface area contributed by atoms with E-state index in [1.54, 1.807) is 31.6 Å². The molecule has 2 aromatic rings. The number of nitrogens with one attached hydrogen (secondary N) is 2. The highest BCUT2D eigenvalue weighted by Crippen LogP contribution is 2.39. The molecule has 0 saturated carbocycles. The van der Waals surface area contributed by atoms with Crippen molar-refractivity contribution in [1.29, 1.82) is 0 Å². The third-order valence-corrected chi connectivity index (χ3v) is 5.95. The maximum atomic E-state index is 12.6. The van der Waals surface area contributed by atoms with Crippen molar-refractivity contribution in [3.63, 3.8) is 0 Å². The lowest BCUT2D eigenvalue weighted by atomic mass is 9.95. The van der Waals surface area contributed by atoms with Crippen LogP contribution in [-0.2, 0) is 17.6 Å². The fourth-order valence-corrected chi connectivity index (χ4v) is 4.79. The van der Waals surface area contributed by atoms with E-state index in [-0.39, 0.29) is 5.97 Å². The van der Waals surface area contributed by atoms with Gasteiger partial charge < -0.3 is 24.8 Å². The zero-order valence-electron chi connectivity index (χ0n) is 16.2. The van der Waals surface area contributed by atoms with Crippen LogP contribution in [0.15, 0.2) is 18.2 Å². The average molecular weight is 421 g/mol. The Morgan fingerprint density at radius 1 is 1.18 bits per heavy atom. The predicted octanol–water partition coefficient (Wildman–Crippen LogP) is 4.63. The van der Waals surface area contributed by atoms with Gasteiger partial charge in [0.1, 0.15) is 16.5 Å². The SMILES string of the molecule is CCOC(=O)c1c(NC(=S)Nc2ccc(OC)cc2OC)sc2c1CCCC2. The lowest BCUT2D eigenvalue weighted by Gasteiger charge is -2.15. The second-order valence-electron chi connectivity index (χ2n) is 6.28. The second-order valence-corrected chi connectivity index (χ2v) is 7.79. The Bertz CT molecular complexity index is 879. The van der Waals surface area contributed by atoms with Gasteiger partial charge in [-0.05, 0) is 62.5 Å². The first-order chi connectivity index (χ1) is 13.6. The Morgan fingerprint density at radius 2 is 1.96 bits per heavy atom. The topological polar surface area (TPSA) is 68.8 Å². The Morgan fingerprint density at radius 3 is 2.68 bits per heavy atom. The normalized spacial score (nSPS) is 12.7. The molecule has 1 aromatic carbocycles. The Hall–Kier alpha value is -2.32. The monoisotopic (exact) mass is 420 g/mol. The molecule has 0 aliphatic heterocycles. The highest BCUT2D eigenvalue weighted by Gasteiger charge is 2.26. The van der Waals surface area contributed by atoms with E-state index >= 15 is 0 Å². The molecule has 0 amide bonds. The van der Waals surface area contributed by atoms with Gasteiger partial charge in [0, 0.05) is 10.9 Å². The molecular formula is C20H24N2O4S2. The molecule has 1 aliphatic rings. The van der Waals surface area contributed by atoms with E-state index in [1.807, 2.05) is 19.1 Å². The molecule has 3 rings (SSSR count). The summed E-state index contributed by atoms with van der Waals surface area (Å²) in [4.78, 5) is 13.8. The first-order valence-electron chi connectivity index (χ1n) is 9.19. The van der Waals surface area contributed by atoms with Crippen LogP contribution < -0.4 is 20.1 Å². The van der Waals surface area contributed by atoms with E-state index in [0.29, 0.717) is 34.5 Å². The van der Waals surface area contributed by atoms with Gasteiger partial charge in [-0.25, -0.2) is 4.79 Å². The van der Waals surface area contributed by atoms with Crippen LogP contribution in [0.4, 0.5) is 10.7 Å². The number of thiocarbonyl (C=S) groups is 1. The van der Waals surface area contributed by atoms with Crippen LogP contribution in [0.25, 0.3) is 0 Å². The number of thiophene rings is 1. The summed E-state index contributed by atoms with van der Waals surface area (Å²) in [5.41, 5.74) is 2.43. The molecule has 8 heteroatoms. The third-order valence-electron chi connectivity index (χ3n) is 4.53. The number of carbonyl (C=O) groups excluding carboxylic acids is 1. The molecule has 0 unspecified atom stereocenters. The zero-order valence-corrected chi connectivity index (χ0v) is 17.9. The zero-order chi connectivity index (χ0) is 20.1. The van der Waals surface area contributed by atoms with Gasteiger partial charge in [0.05, 0.1) is 32.1 Å². The van der Waals surface area contributed by atoms with Gasteiger partial charge in [0.2, 0.25) is 0 Å². The van der Waals surface area contributed by atoms with Gasteiger partial charge in [-0.3, -0.25) is 0 Å². The van der Waals surface area contributed by atoms with E-state index in [0.717, 1.165) is 36.2 Å². The molecule has 0 spiro atoms. The largest absolute Gasteiger partial charge is 0.497 e. The lowest BCUT2D eigenvalue weighted by Crippen LogP contribution is -2.21. The molecule has 6 nitrogen and oxygen atoms in total. The maximum absolute atomic E-state index is 12.6. The highest BCUT2D eigenvalue weighted by molar-refractivity contribution is 7.80. The van der Waals surface area contributed by atoms with E-state index in [2.05, 4.69) is 10.6 Å². The number of hydrogen-bond acceptors (Lipinski definition) is 6. The minimum absolute atomic E-state index is 0.297. The summed E-state index contributed by atoms with van der Waals surface area (Å²) in [7, 11) is 3.19. The molecule has 1 heterocycles. The van der Waals surface area contributed by atoms with Crippen LogP contribution in [0.5, 0.6) is 11.5 Å². The second kappa shape index (κ2) is 9.25. The van der Waals surface area contributed by atoms with Crippen molar-refractivity contribution in [2.24, 2.45) is 0 Å². The van der Waals surface area contributed by atoms with Crippen LogP contribution in [0.2, 0.25) is 0 Å². The van der Waals surface area contributed by atoms with Crippen molar-refractivity contribution in [2.75, 3.05) is 31.5 Å². The molecule has 0 atom stereocenters. The Kier molecular flexibility index (Phi) is 6.74. The molecule has 150 valence electrons. The molecule has 28 heavy (non-hydrogen) atoms. The number of fused-ring (bicyclic) bond motifs is 1. The van der Waals surface area contributed by atoms with E-state index in [9.17, 15) is 4.79 Å². The van der Waals surface area contributed by atoms with E-state index in [1.165, 1.54) is 4.88 Å². The fraction of sp³-hybridized carbons (Fsp3) is 0.400. The van der Waals surface area contributed by atoms with Crippen molar-refractivity contribution in [3.05, 3.63) is 34.2 Å². The van der Waals surface area contributed by atoms with Crippen LogP contribution in [0, 0.1) is 0 Å². The summed E-state index contributed by atoms with van der Waals surface area (Å²) in [6, 6.07) is 5.43. The first-order valence-corrected chi connectivity index (χ1v) is 10.4. The summed E-state index contributed by atoms with van der Waals surface area (Å²) in [6.45, 7) is 2.15. The summed E-state index contributed by atoms with van der Waals surface area (Å²) >= 11 is 7.06. The third kappa shape index (κ3) is 4.39. The van der Waals surface area contributed by atoms with Crippen LogP contribution in [0.3, 0.4) is 0 Å². The van der Waals surface area contributed by atoms with Gasteiger partial charge in [-0.2, -0.15) is 0 Å². The van der Waals surface area contributed by atoms with Crippen molar-refractivity contribution in [1.82, 2.24) is 0 Å². The van der Waals surface area contributed by atoms with Gasteiger partial charge >= 0.3 is 5.97 Å². The standard InChI is InChI=1S/C20H24N2O4S2/c1-4-26-19(23)17-13-7-5-6-8-16(13)28-18(17)22-20(27)21-14-10-9-12(24-2)11-15(14)25-3/h9-11H,4-8H2,1-3H3,(H2,21,22,27). The number of methoxy groups -OCH3 is 2. The van der Waals surface area contributed by atoms with Crippen molar-refractivity contribution < 1.29 is 19.0 Å². The number of rotatable bonds is 6. The molecule has 1 aromatic heterocycles. The van der Waals surface area contributed by atoms with Crippen LogP contribution in [0.1, 0.15) is 40.6 Å². The number of anilines is 2. The number of aryl methyl sites for hydroxylation is 1. The number of hydrogen-bond donors (Lipinski definition) is 2. The van der Waals surface area contributed by atoms with Gasteiger partial charge in [0.25, 0.3) is 0 Å². The first kappa shape index (κ1) is 20.4. The van der Waals surface area contributed by atoms with E-state index in [4.69, 9.17) is 26.4 Å². The fourth-order valence-electron chi connectivity index (χ4n) is 3.23. The molecule has 0 radical (unpaired) electrons. The molecular weight excluding hydrogens is 396 g/mol. The maximum Gasteiger partial charge on any atom is 0.341 e. The average Bonchev–Trinajstić information content (AvgIpc) is 3.06. The van der Waals surface area contributed by atoms with Crippen LogP contribution >= 0.6 is 23.6 Å². The van der Waals surface area contributed by atoms with Crippen LogP contribution in [-0.4, -0.2) is 31.9 Å². The summed E-state index contributed by atoms with van der Waals surface area (Å²) in [6.07, 6.45) is 4.11. The van der Waals surface area contributed by atoms with Gasteiger partial charge in [-0.1, -0.05) is 0 Å². The predicted molar refractivity (Wildman–Crippen MR) is 116 cm³/mol. The van der Waals surface area contributed by atoms with Crippen molar-refractivity contribution in [3.8, 4) is 11.5 Å². The number of ether oxygens (including phenoxy) is 3. The van der Waals surface area contributed by atoms with Gasteiger partial charge in [0.15, 0.2) is 5.11 Å². The quantitative estimate of drug-likeness (QED) is 0.522. The van der Waals surface area contributed by atoms with E-state index < -0.39 is 0 Å². The molecule has 1 aliphatic carbocycles. The summed E-state index contributed by atoms with van der Waals surface area (Å²) < 4.78 is 15.9. The van der Waals surface area contributed by atoms with Crippen molar-refractivity contribution >= 4 is 45.3 Å². The lowest BCUT2D eigenvalue weighted by molar-refractivity contribution is 0.0526. The van der Waals surface area contributed by atoms with Crippen molar-refractivity contribution in [2.45, 2.75) is 32.6 Å². The summed E-state index contributed by atoms with van der Waals surface area (Å²) in [5, 5.41) is 7.43. The Balaban J connectivity index is 1.82. The molecule has 0 bridgehead atoms. The molecule has 2 N–H and O–H groups in total. The Labute approximate surface area is 174 Å². The number of benzene rings is 1. The molecule has 0 saturated heterocycles. The number of esters is 1. The highest BCUT2D eigenvalue weighted by atomic mass is 32.1. The molecule has 0 fully saturated rings. The minimum atomic E-state index is -0.297. The smallest absolute Gasteiger partial charge is 0.341 e.